The third-order valence-electron chi connectivity index (χ3n) is 6.83. The zero-order valence-electron chi connectivity index (χ0n) is 20.5. The first-order valence-corrected chi connectivity index (χ1v) is 14.0. The topological polar surface area (TPSA) is 108 Å². The summed E-state index contributed by atoms with van der Waals surface area (Å²) in [6.45, 7) is 0.781. The third-order valence-corrected chi connectivity index (χ3v) is 8.96. The van der Waals surface area contributed by atoms with E-state index in [9.17, 15) is 13.2 Å². The minimum absolute atomic E-state index is 0.0221. The number of fused-ring (bicyclic) bond motifs is 1. The fourth-order valence-corrected chi connectivity index (χ4v) is 6.58. The van der Waals surface area contributed by atoms with Gasteiger partial charge >= 0.3 is 0 Å². The first kappa shape index (κ1) is 25.9. The summed E-state index contributed by atoms with van der Waals surface area (Å²) in [7, 11) is -3.96. The quantitative estimate of drug-likeness (QED) is 0.264. The van der Waals surface area contributed by atoms with Gasteiger partial charge in [-0.25, -0.2) is 8.42 Å². The van der Waals surface area contributed by atoms with Crippen LogP contribution in [0.4, 0.5) is 0 Å². The number of hydrogen-bond acceptors (Lipinski definition) is 4. The molecule has 38 heavy (non-hydrogen) atoms. The number of carbonyl (C=O) groups excluding carboxylic acids is 1. The summed E-state index contributed by atoms with van der Waals surface area (Å²) in [5.41, 5.74) is 7.92. The van der Waals surface area contributed by atoms with Crippen molar-refractivity contribution < 1.29 is 13.2 Å². The molecule has 0 aliphatic carbocycles. The second-order valence-electron chi connectivity index (χ2n) is 9.34. The van der Waals surface area contributed by atoms with E-state index < -0.39 is 16.1 Å². The average Bonchev–Trinajstić information content (AvgIpc) is 2.91. The number of nitrogens with one attached hydrogen (secondary N) is 1. The number of piperazine rings is 1. The van der Waals surface area contributed by atoms with E-state index in [0.717, 1.165) is 21.9 Å². The molecular formula is C29H27ClN4O3S. The number of nitrogens with zero attached hydrogens (tertiary/aromatic N) is 2. The van der Waals surface area contributed by atoms with E-state index in [4.69, 9.17) is 22.7 Å². The molecule has 1 aliphatic rings. The molecule has 1 atom stereocenters. The number of nitrogen functional groups attached to an aromatic ring is 1. The van der Waals surface area contributed by atoms with E-state index in [1.807, 2.05) is 42.5 Å². The highest BCUT2D eigenvalue weighted by molar-refractivity contribution is 7.89. The van der Waals surface area contributed by atoms with Crippen LogP contribution >= 0.6 is 11.6 Å². The number of amidine groups is 1. The number of halogens is 1. The molecule has 1 unspecified atom stereocenters. The number of hydrogen-bond donors (Lipinski definition) is 2. The molecule has 1 aliphatic heterocycles. The maximum atomic E-state index is 13.9. The molecule has 0 spiro atoms. The van der Waals surface area contributed by atoms with Gasteiger partial charge in [-0.15, -0.1) is 0 Å². The molecule has 4 aromatic carbocycles. The number of amides is 1. The Bertz CT molecular complexity index is 1610. The number of rotatable bonds is 7. The molecule has 3 N–H and O–H groups in total. The minimum Gasteiger partial charge on any atom is -0.384 e. The molecule has 1 fully saturated rings. The van der Waals surface area contributed by atoms with Crippen molar-refractivity contribution >= 4 is 44.1 Å². The van der Waals surface area contributed by atoms with E-state index in [2.05, 4.69) is 0 Å². The van der Waals surface area contributed by atoms with Crippen LogP contribution in [0, 0.1) is 5.41 Å². The molecule has 1 amide bonds. The van der Waals surface area contributed by atoms with Crippen LogP contribution in [-0.4, -0.2) is 48.5 Å². The predicted molar refractivity (Wildman–Crippen MR) is 150 cm³/mol. The van der Waals surface area contributed by atoms with Gasteiger partial charge in [-0.2, -0.15) is 4.31 Å². The molecule has 9 heteroatoms. The summed E-state index contributed by atoms with van der Waals surface area (Å²) in [5, 5.41) is 9.75. The third kappa shape index (κ3) is 5.29. The Morgan fingerprint density at radius 3 is 2.29 bits per heavy atom. The first-order valence-electron chi connectivity index (χ1n) is 12.2. The van der Waals surface area contributed by atoms with Gasteiger partial charge in [0.2, 0.25) is 15.9 Å². The predicted octanol–water partition coefficient (Wildman–Crippen LogP) is 4.42. The molecule has 194 valence electrons. The Morgan fingerprint density at radius 2 is 1.58 bits per heavy atom. The van der Waals surface area contributed by atoms with Crippen molar-refractivity contribution in [2.45, 2.75) is 23.9 Å². The van der Waals surface area contributed by atoms with Crippen molar-refractivity contribution in [1.29, 1.82) is 5.41 Å². The Balaban J connectivity index is 1.46. The summed E-state index contributed by atoms with van der Waals surface area (Å²) in [4.78, 5) is 15.6. The molecule has 0 radical (unpaired) electrons. The van der Waals surface area contributed by atoms with Crippen molar-refractivity contribution in [3.63, 3.8) is 0 Å². The van der Waals surface area contributed by atoms with Crippen LogP contribution in [0.3, 0.4) is 0 Å². The SMILES string of the molecule is N=C(N)c1ccc(CN2CCN(S(=O)(=O)c3ccc4cc(Cl)ccc4c3)C(Cc3ccccc3)C2=O)cc1. The van der Waals surface area contributed by atoms with Gasteiger partial charge < -0.3 is 10.6 Å². The Hall–Kier alpha value is -3.72. The maximum Gasteiger partial charge on any atom is 0.243 e. The summed E-state index contributed by atoms with van der Waals surface area (Å²) in [6, 6.07) is 26.0. The van der Waals surface area contributed by atoms with Gasteiger partial charge in [0, 0.05) is 30.2 Å². The summed E-state index contributed by atoms with van der Waals surface area (Å²) in [6.07, 6.45) is 0.266. The second kappa shape index (κ2) is 10.6. The zero-order valence-corrected chi connectivity index (χ0v) is 22.1. The molecular weight excluding hydrogens is 520 g/mol. The van der Waals surface area contributed by atoms with Gasteiger partial charge in [0.25, 0.3) is 0 Å². The second-order valence-corrected chi connectivity index (χ2v) is 11.7. The van der Waals surface area contributed by atoms with Crippen molar-refractivity contribution in [1.82, 2.24) is 9.21 Å². The Morgan fingerprint density at radius 1 is 0.895 bits per heavy atom. The lowest BCUT2D eigenvalue weighted by Gasteiger charge is -2.40. The van der Waals surface area contributed by atoms with Crippen LogP contribution in [0.15, 0.2) is 95.9 Å². The van der Waals surface area contributed by atoms with E-state index >= 15 is 0 Å². The standard InChI is InChI=1S/C29H27ClN4O3S/c30-25-12-10-24-18-26(13-11-23(24)17-25)38(36,37)34-15-14-33(19-21-6-8-22(9-7-21)28(31)32)29(35)27(34)16-20-4-2-1-3-5-20/h1-13,17-18,27H,14-16,19H2,(H3,31,32). The van der Waals surface area contributed by atoms with Crippen molar-refractivity contribution in [2.75, 3.05) is 13.1 Å². The van der Waals surface area contributed by atoms with Crippen molar-refractivity contribution in [3.8, 4) is 0 Å². The molecule has 0 aromatic heterocycles. The van der Waals surface area contributed by atoms with Crippen molar-refractivity contribution in [2.24, 2.45) is 5.73 Å². The normalized spacial score (nSPS) is 16.6. The van der Waals surface area contributed by atoms with E-state index in [-0.39, 0.29) is 36.1 Å². The number of benzene rings is 4. The van der Waals surface area contributed by atoms with Gasteiger partial charge in [-0.05, 0) is 52.6 Å². The fourth-order valence-electron chi connectivity index (χ4n) is 4.79. The first-order chi connectivity index (χ1) is 18.2. The highest BCUT2D eigenvalue weighted by atomic mass is 35.5. The number of carbonyl (C=O) groups is 1. The number of sulfonamides is 1. The van der Waals surface area contributed by atoms with Crippen LogP contribution in [0.2, 0.25) is 5.02 Å². The average molecular weight is 547 g/mol. The molecule has 0 saturated carbocycles. The van der Waals surface area contributed by atoms with Crippen LogP contribution in [0.5, 0.6) is 0 Å². The van der Waals surface area contributed by atoms with Gasteiger partial charge in [0.15, 0.2) is 0 Å². The van der Waals surface area contributed by atoms with Gasteiger partial charge in [-0.3, -0.25) is 10.2 Å². The molecule has 5 rings (SSSR count). The summed E-state index contributed by atoms with van der Waals surface area (Å²) >= 11 is 6.09. The van der Waals surface area contributed by atoms with Gasteiger partial charge in [-0.1, -0.05) is 78.3 Å². The van der Waals surface area contributed by atoms with Crippen LogP contribution in [-0.2, 0) is 27.8 Å². The van der Waals surface area contributed by atoms with Crippen LogP contribution < -0.4 is 5.73 Å². The lowest BCUT2D eigenvalue weighted by molar-refractivity contribution is -0.139. The van der Waals surface area contributed by atoms with Crippen molar-refractivity contribution in [3.05, 3.63) is 113 Å². The molecule has 1 heterocycles. The van der Waals surface area contributed by atoms with E-state index in [0.29, 0.717) is 17.1 Å². The molecule has 7 nitrogen and oxygen atoms in total. The summed E-state index contributed by atoms with van der Waals surface area (Å²) in [5.74, 6) is -0.266. The molecule has 1 saturated heterocycles. The van der Waals surface area contributed by atoms with Crippen LogP contribution in [0.25, 0.3) is 10.8 Å². The van der Waals surface area contributed by atoms with Crippen LogP contribution in [0.1, 0.15) is 16.7 Å². The van der Waals surface area contributed by atoms with Gasteiger partial charge in [0.05, 0.1) is 4.90 Å². The Kier molecular flexibility index (Phi) is 7.21. The highest BCUT2D eigenvalue weighted by Crippen LogP contribution is 2.29. The maximum absolute atomic E-state index is 13.9. The summed E-state index contributed by atoms with van der Waals surface area (Å²) < 4.78 is 29.2. The zero-order chi connectivity index (χ0) is 26.9. The molecule has 0 bridgehead atoms. The Labute approximate surface area is 227 Å². The monoisotopic (exact) mass is 546 g/mol. The number of nitrogens with two attached hydrogens (primary N) is 1. The largest absolute Gasteiger partial charge is 0.384 e. The van der Waals surface area contributed by atoms with Gasteiger partial charge in [0.1, 0.15) is 11.9 Å². The lowest BCUT2D eigenvalue weighted by atomic mass is 10.0. The fraction of sp³-hybridized carbons (Fsp3) is 0.172. The van der Waals surface area contributed by atoms with E-state index in [1.54, 1.807) is 53.4 Å². The minimum atomic E-state index is -3.96. The lowest BCUT2D eigenvalue weighted by Crippen LogP contribution is -2.59. The molecule has 4 aromatic rings. The van der Waals surface area contributed by atoms with E-state index in [1.165, 1.54) is 4.31 Å². The highest BCUT2D eigenvalue weighted by Gasteiger charge is 2.41. The smallest absolute Gasteiger partial charge is 0.243 e.